The summed E-state index contributed by atoms with van der Waals surface area (Å²) in [7, 11) is 0. The molecule has 4 rings (SSSR count). The highest BCUT2D eigenvalue weighted by Crippen LogP contribution is 2.41. The molecule has 0 aromatic heterocycles. The van der Waals surface area contributed by atoms with Crippen molar-refractivity contribution in [3.05, 3.63) is 71.1 Å². The van der Waals surface area contributed by atoms with Crippen LogP contribution in [0.2, 0.25) is 0 Å². The van der Waals surface area contributed by atoms with Crippen LogP contribution in [0, 0.1) is 19.3 Å². The van der Waals surface area contributed by atoms with Gasteiger partial charge in [0.1, 0.15) is 11.3 Å². The predicted octanol–water partition coefficient (Wildman–Crippen LogP) is 5.91. The second kappa shape index (κ2) is 7.04. The van der Waals surface area contributed by atoms with Crippen LogP contribution in [-0.4, -0.2) is 0 Å². The quantitative estimate of drug-likeness (QED) is 0.333. The standard InChI is InChI=1S/C21H18N2O.C2H6/c1-12-3-6-16(13(2)9-12)21-17-7-4-14(22)10-19(17)24-20-11-15(23)5-8-18(20)21;1-2/h3-11,22H,23H2,1-2H3;1-2H3. The van der Waals surface area contributed by atoms with Gasteiger partial charge in [0.25, 0.3) is 0 Å². The van der Waals surface area contributed by atoms with E-state index < -0.39 is 0 Å². The summed E-state index contributed by atoms with van der Waals surface area (Å²) in [5.74, 6) is 0.704. The Morgan fingerprint density at radius 1 is 0.846 bits per heavy atom. The van der Waals surface area contributed by atoms with Gasteiger partial charge in [0.2, 0.25) is 0 Å². The summed E-state index contributed by atoms with van der Waals surface area (Å²) in [5, 5.41) is 9.35. The van der Waals surface area contributed by atoms with Gasteiger partial charge in [0, 0.05) is 34.3 Å². The van der Waals surface area contributed by atoms with Crippen molar-refractivity contribution in [2.24, 2.45) is 0 Å². The van der Waals surface area contributed by atoms with Crippen LogP contribution in [0.1, 0.15) is 25.0 Å². The number of fused-ring (bicyclic) bond motifs is 2. The summed E-state index contributed by atoms with van der Waals surface area (Å²) < 4.78 is 6.03. The van der Waals surface area contributed by atoms with Crippen molar-refractivity contribution in [2.45, 2.75) is 27.7 Å². The third kappa shape index (κ3) is 3.08. The van der Waals surface area contributed by atoms with Gasteiger partial charge in [-0.3, -0.25) is 0 Å². The molecule has 0 spiro atoms. The molecule has 2 aromatic rings. The Morgan fingerprint density at radius 3 is 2.31 bits per heavy atom. The van der Waals surface area contributed by atoms with Gasteiger partial charge in [-0.2, -0.15) is 0 Å². The number of nitrogen functional groups attached to an aromatic ring is 1. The topological polar surface area (TPSA) is 63.0 Å². The van der Waals surface area contributed by atoms with Crippen molar-refractivity contribution in [1.82, 2.24) is 0 Å². The van der Waals surface area contributed by atoms with E-state index in [9.17, 15) is 0 Å². The molecule has 26 heavy (non-hydrogen) atoms. The largest absolute Gasteiger partial charge is 0.456 e. The second-order valence-electron chi connectivity index (χ2n) is 6.26. The first-order valence-corrected chi connectivity index (χ1v) is 8.91. The Morgan fingerprint density at radius 2 is 1.58 bits per heavy atom. The minimum atomic E-state index is 0.432. The van der Waals surface area contributed by atoms with Gasteiger partial charge >= 0.3 is 0 Å². The molecular weight excluding hydrogens is 320 g/mol. The number of anilines is 1. The molecule has 0 bridgehead atoms. The average molecular weight is 344 g/mol. The van der Waals surface area contributed by atoms with E-state index in [-0.39, 0.29) is 0 Å². The molecule has 132 valence electrons. The number of rotatable bonds is 1. The van der Waals surface area contributed by atoms with Crippen molar-refractivity contribution in [3.8, 4) is 22.5 Å². The maximum atomic E-state index is 7.89. The first-order valence-electron chi connectivity index (χ1n) is 8.91. The van der Waals surface area contributed by atoms with Crippen molar-refractivity contribution >= 4 is 16.7 Å². The number of aryl methyl sites for hydroxylation is 2. The van der Waals surface area contributed by atoms with E-state index in [2.05, 4.69) is 32.0 Å². The summed E-state index contributed by atoms with van der Waals surface area (Å²) in [5.41, 5.74) is 13.1. The summed E-state index contributed by atoms with van der Waals surface area (Å²) in [6.45, 7) is 8.22. The first-order chi connectivity index (χ1) is 12.5. The van der Waals surface area contributed by atoms with Gasteiger partial charge in [-0.25, -0.2) is 0 Å². The highest BCUT2D eigenvalue weighted by Gasteiger charge is 2.18. The molecule has 0 saturated heterocycles. The minimum absolute atomic E-state index is 0.432. The Bertz CT molecular complexity index is 1110. The van der Waals surface area contributed by atoms with E-state index in [1.807, 2.05) is 38.1 Å². The molecule has 0 amide bonds. The van der Waals surface area contributed by atoms with Crippen molar-refractivity contribution < 1.29 is 4.42 Å². The molecule has 3 nitrogen and oxygen atoms in total. The van der Waals surface area contributed by atoms with Crippen LogP contribution in [0.5, 0.6) is 0 Å². The zero-order chi connectivity index (χ0) is 18.8. The lowest BCUT2D eigenvalue weighted by Crippen LogP contribution is -2.00. The van der Waals surface area contributed by atoms with Crippen LogP contribution in [-0.2, 0) is 0 Å². The van der Waals surface area contributed by atoms with E-state index >= 15 is 0 Å². The maximum absolute atomic E-state index is 7.89. The monoisotopic (exact) mass is 344 g/mol. The zero-order valence-corrected chi connectivity index (χ0v) is 15.7. The third-order valence-corrected chi connectivity index (χ3v) is 4.40. The molecule has 0 atom stereocenters. The van der Waals surface area contributed by atoms with Crippen LogP contribution in [0.15, 0.2) is 59.0 Å². The fraction of sp³-hybridized carbons (Fsp3) is 0.174. The Balaban J connectivity index is 0.000000948. The van der Waals surface area contributed by atoms with E-state index in [4.69, 9.17) is 15.6 Å². The summed E-state index contributed by atoms with van der Waals surface area (Å²) in [6, 6.07) is 17.7. The normalized spacial score (nSPS) is 10.6. The minimum Gasteiger partial charge on any atom is -0.456 e. The fourth-order valence-electron chi connectivity index (χ4n) is 3.29. The number of hydrogen-bond donors (Lipinski definition) is 2. The number of hydrogen-bond acceptors (Lipinski definition) is 3. The van der Waals surface area contributed by atoms with E-state index in [1.54, 1.807) is 12.1 Å². The van der Waals surface area contributed by atoms with Crippen LogP contribution >= 0.6 is 0 Å². The molecule has 0 fully saturated rings. The second-order valence-corrected chi connectivity index (χ2v) is 6.26. The van der Waals surface area contributed by atoms with E-state index in [1.165, 1.54) is 16.7 Å². The number of benzene rings is 3. The molecule has 0 saturated carbocycles. The molecule has 1 aliphatic heterocycles. The van der Waals surface area contributed by atoms with Crippen LogP contribution in [0.4, 0.5) is 5.69 Å². The molecule has 1 heterocycles. The van der Waals surface area contributed by atoms with E-state index in [0.29, 0.717) is 16.8 Å². The number of nitrogens with two attached hydrogens (primary N) is 1. The maximum Gasteiger partial charge on any atom is 0.137 e. The molecular formula is C23H24N2O. The van der Waals surface area contributed by atoms with Gasteiger partial charge in [-0.15, -0.1) is 0 Å². The lowest BCUT2D eigenvalue weighted by molar-refractivity contribution is 0.619. The Labute approximate surface area is 154 Å². The van der Waals surface area contributed by atoms with Crippen LogP contribution < -0.4 is 11.1 Å². The fourth-order valence-corrected chi connectivity index (χ4v) is 3.29. The van der Waals surface area contributed by atoms with Gasteiger partial charge in [-0.1, -0.05) is 37.6 Å². The number of nitrogens with one attached hydrogen (secondary N) is 1. The Hall–Kier alpha value is -3.07. The summed E-state index contributed by atoms with van der Waals surface area (Å²) in [6.07, 6.45) is 0. The molecule has 0 radical (unpaired) electrons. The average Bonchev–Trinajstić information content (AvgIpc) is 2.61. The van der Waals surface area contributed by atoms with E-state index in [0.717, 1.165) is 22.1 Å². The first kappa shape index (κ1) is 17.7. The molecule has 2 aliphatic rings. The lowest BCUT2D eigenvalue weighted by atomic mass is 9.90. The molecule has 0 unspecified atom stereocenters. The lowest BCUT2D eigenvalue weighted by Gasteiger charge is -2.17. The van der Waals surface area contributed by atoms with Gasteiger partial charge in [0.15, 0.2) is 0 Å². The third-order valence-electron chi connectivity index (χ3n) is 4.40. The zero-order valence-electron chi connectivity index (χ0n) is 15.7. The van der Waals surface area contributed by atoms with Crippen LogP contribution in [0.3, 0.4) is 0 Å². The van der Waals surface area contributed by atoms with Gasteiger partial charge in [0.05, 0.1) is 5.36 Å². The molecule has 3 heteroatoms. The summed E-state index contributed by atoms with van der Waals surface area (Å²) >= 11 is 0. The highest BCUT2D eigenvalue weighted by molar-refractivity contribution is 6.03. The highest BCUT2D eigenvalue weighted by atomic mass is 16.3. The van der Waals surface area contributed by atoms with Crippen molar-refractivity contribution in [3.63, 3.8) is 0 Å². The smallest absolute Gasteiger partial charge is 0.137 e. The van der Waals surface area contributed by atoms with Gasteiger partial charge < -0.3 is 15.6 Å². The SMILES string of the molecule is CC.Cc1ccc(-c2c3ccc(=N)cc-3oc3cc(N)ccc23)c(C)c1. The van der Waals surface area contributed by atoms with Crippen molar-refractivity contribution in [1.29, 1.82) is 5.41 Å². The van der Waals surface area contributed by atoms with Crippen LogP contribution in [0.25, 0.3) is 33.4 Å². The summed E-state index contributed by atoms with van der Waals surface area (Å²) in [4.78, 5) is 0. The molecule has 3 N–H and O–H groups in total. The van der Waals surface area contributed by atoms with Crippen molar-refractivity contribution in [2.75, 3.05) is 5.73 Å². The molecule has 1 aliphatic carbocycles. The Kier molecular flexibility index (Phi) is 4.81. The van der Waals surface area contributed by atoms with Gasteiger partial charge in [-0.05, 0) is 49.2 Å². The molecule has 2 aromatic carbocycles. The predicted molar refractivity (Wildman–Crippen MR) is 109 cm³/mol.